The van der Waals surface area contributed by atoms with Crippen molar-refractivity contribution in [2.75, 3.05) is 5.32 Å². The number of aromatic carboxylic acids is 1. The van der Waals surface area contributed by atoms with Crippen molar-refractivity contribution in [3.8, 4) is 0 Å². The maximum absolute atomic E-state index is 12.0. The third kappa shape index (κ3) is 7.79. The topological polar surface area (TPSA) is 118 Å². The fourth-order valence-corrected chi connectivity index (χ4v) is 1.99. The van der Waals surface area contributed by atoms with Crippen LogP contribution in [0.15, 0.2) is 41.1 Å². The van der Waals surface area contributed by atoms with Crippen LogP contribution in [0.4, 0.5) is 5.69 Å². The van der Waals surface area contributed by atoms with Crippen LogP contribution < -0.4 is 56.7 Å². The molecule has 0 aliphatic heterocycles. The number of nitrogens with zero attached hydrogens (tertiary/aromatic N) is 3. The van der Waals surface area contributed by atoms with E-state index in [2.05, 4.69) is 53.5 Å². The van der Waals surface area contributed by atoms with Gasteiger partial charge >= 0.3 is 57.4 Å². The molecule has 29 heavy (non-hydrogen) atoms. The van der Waals surface area contributed by atoms with E-state index in [0.29, 0.717) is 11.4 Å². The van der Waals surface area contributed by atoms with Gasteiger partial charge < -0.3 is 14.9 Å². The largest absolute Gasteiger partial charge is 1.00 e. The number of carbonyl (C=O) groups is 2. The number of benzene rings is 1. The summed E-state index contributed by atoms with van der Waals surface area (Å²) in [5.74, 6) is -1.03. The van der Waals surface area contributed by atoms with Gasteiger partial charge in [-0.1, -0.05) is 26.5 Å². The van der Waals surface area contributed by atoms with Gasteiger partial charge in [0.15, 0.2) is 11.4 Å². The Labute approximate surface area is 211 Å². The third-order valence-corrected chi connectivity index (χ3v) is 3.42. The predicted octanol–water partition coefficient (Wildman–Crippen LogP) is 0.312. The maximum Gasteiger partial charge on any atom is 1.00 e. The monoisotopic (exact) mass is 419 g/mol. The molecular formula is C20H20KN4O4-. The Morgan fingerprint density at radius 2 is 1.83 bits per heavy atom. The molecule has 0 saturated carbocycles. The smallest absolute Gasteiger partial charge is 0.476 e. The molecule has 3 rings (SSSR count). The zero-order chi connectivity index (χ0) is 20.7. The van der Waals surface area contributed by atoms with E-state index in [1.54, 1.807) is 37.3 Å². The third-order valence-electron chi connectivity index (χ3n) is 3.42. The first-order valence-corrected chi connectivity index (χ1v) is 8.36. The number of carbonyl (C=O) groups excluding carboxylic acids is 1. The number of nitrogens with one attached hydrogen (secondary N) is 1. The molecule has 0 radical (unpaired) electrons. The average molecular weight is 420 g/mol. The molecule has 0 atom stereocenters. The van der Waals surface area contributed by atoms with Crippen molar-refractivity contribution in [3.63, 3.8) is 0 Å². The van der Waals surface area contributed by atoms with E-state index in [-0.39, 0.29) is 68.2 Å². The second-order valence-corrected chi connectivity index (χ2v) is 6.83. The van der Waals surface area contributed by atoms with Gasteiger partial charge in [-0.2, -0.15) is 24.3 Å². The van der Waals surface area contributed by atoms with Crippen molar-refractivity contribution in [3.05, 3.63) is 71.6 Å². The molecule has 146 valence electrons. The van der Waals surface area contributed by atoms with Crippen LogP contribution in [0, 0.1) is 19.2 Å². The Morgan fingerprint density at radius 3 is 2.31 bits per heavy atom. The molecule has 2 heterocycles. The Kier molecular flexibility index (Phi) is 9.80. The summed E-state index contributed by atoms with van der Waals surface area (Å²) in [5, 5.41) is 15.1. The molecule has 3 aromatic rings. The molecule has 0 aliphatic carbocycles. The molecule has 0 fully saturated rings. The van der Waals surface area contributed by atoms with Gasteiger partial charge in [-0.3, -0.25) is 4.79 Å². The molecule has 2 N–H and O–H groups in total. The van der Waals surface area contributed by atoms with Gasteiger partial charge in [0.05, 0.1) is 5.69 Å². The second-order valence-electron chi connectivity index (χ2n) is 6.83. The van der Waals surface area contributed by atoms with Crippen LogP contribution in [0.1, 0.15) is 53.2 Å². The van der Waals surface area contributed by atoms with Crippen LogP contribution in [0.5, 0.6) is 0 Å². The summed E-state index contributed by atoms with van der Waals surface area (Å²) in [6, 6.07) is 11.1. The summed E-state index contributed by atoms with van der Waals surface area (Å²) in [5.41, 5.74) is 0.448. The van der Waals surface area contributed by atoms with Gasteiger partial charge in [0.25, 0.3) is 5.91 Å². The number of aryl methyl sites for hydroxylation is 1. The minimum atomic E-state index is -1.29. The van der Waals surface area contributed by atoms with Crippen LogP contribution in [-0.2, 0) is 5.41 Å². The molecule has 1 amide bonds. The molecule has 0 bridgehead atoms. The van der Waals surface area contributed by atoms with E-state index in [1.165, 1.54) is 6.20 Å². The quantitative estimate of drug-likeness (QED) is 0.463. The summed E-state index contributed by atoms with van der Waals surface area (Å²) in [4.78, 5) is 30.6. The molecule has 2 aromatic heterocycles. The Hall–Kier alpha value is -1.91. The minimum absolute atomic E-state index is 0. The van der Waals surface area contributed by atoms with Crippen molar-refractivity contribution < 1.29 is 70.6 Å². The van der Waals surface area contributed by atoms with Gasteiger partial charge in [0.2, 0.25) is 0 Å². The number of amides is 1. The van der Waals surface area contributed by atoms with Crippen molar-refractivity contribution in [2.45, 2.75) is 33.1 Å². The number of carboxylic acid groups (broad SMARTS) is 1. The Morgan fingerprint density at radius 1 is 1.17 bits per heavy atom. The first kappa shape index (κ1) is 25.1. The summed E-state index contributed by atoms with van der Waals surface area (Å²) >= 11 is 0. The summed E-state index contributed by atoms with van der Waals surface area (Å²) in [6.07, 6.45) is 3.97. The number of carboxylic acids is 1. The van der Waals surface area contributed by atoms with E-state index in [9.17, 15) is 9.59 Å². The number of hydrogen-bond donors (Lipinski definition) is 2. The minimum Gasteiger partial charge on any atom is -0.476 e. The maximum atomic E-state index is 12.0. The van der Waals surface area contributed by atoms with Gasteiger partial charge in [0, 0.05) is 6.20 Å². The summed E-state index contributed by atoms with van der Waals surface area (Å²) < 4.78 is 4.89. The van der Waals surface area contributed by atoms with Gasteiger partial charge in [-0.25, -0.2) is 19.9 Å². The predicted molar refractivity (Wildman–Crippen MR) is 101 cm³/mol. The zero-order valence-corrected chi connectivity index (χ0v) is 20.1. The van der Waals surface area contributed by atoms with Gasteiger partial charge in [-0.15, -0.1) is 18.3 Å². The molecule has 9 heteroatoms. The number of anilines is 1. The van der Waals surface area contributed by atoms with Gasteiger partial charge in [0.1, 0.15) is 0 Å². The zero-order valence-electron chi connectivity index (χ0n) is 17.0. The van der Waals surface area contributed by atoms with E-state index in [4.69, 9.17) is 9.63 Å². The number of hydrogen-bond acceptors (Lipinski definition) is 6. The Bertz CT molecular complexity index is 939. The first-order chi connectivity index (χ1) is 13.2. The average Bonchev–Trinajstić information content (AvgIpc) is 3.18. The van der Waals surface area contributed by atoms with Crippen molar-refractivity contribution in [1.82, 2.24) is 15.1 Å². The fourth-order valence-electron chi connectivity index (χ4n) is 1.99. The van der Waals surface area contributed by atoms with Crippen LogP contribution in [0.2, 0.25) is 0 Å². The fraction of sp³-hybridized carbons (Fsp3) is 0.250. The molecule has 0 aliphatic rings. The Balaban J connectivity index is 0.000000355. The van der Waals surface area contributed by atoms with Crippen LogP contribution >= 0.6 is 0 Å². The summed E-state index contributed by atoms with van der Waals surface area (Å²) in [6.45, 7) is 7.82. The molecule has 0 unspecified atom stereocenters. The van der Waals surface area contributed by atoms with E-state index >= 15 is 0 Å². The van der Waals surface area contributed by atoms with Crippen molar-refractivity contribution in [1.29, 1.82) is 0 Å². The normalized spacial score (nSPS) is 10.2. The van der Waals surface area contributed by atoms with Crippen molar-refractivity contribution in [2.24, 2.45) is 0 Å². The number of aromatic nitrogens is 3. The molecule has 8 nitrogen and oxygen atoms in total. The summed E-state index contributed by atoms with van der Waals surface area (Å²) in [7, 11) is 0. The molecular weight excluding hydrogens is 399 g/mol. The van der Waals surface area contributed by atoms with Crippen LogP contribution in [0.25, 0.3) is 0 Å². The SMILES string of the molecule is CC(C)(C)c1c[c-]no1.Cc1cnc(C(=O)Nc2cc[c-]cc2)c(C(=O)O)n1.[K+]. The van der Waals surface area contributed by atoms with E-state index in [0.717, 1.165) is 5.76 Å². The molecule has 0 saturated heterocycles. The standard InChI is InChI=1S/C13H10N3O3.C7H10NO.K/c1-8-7-14-10(11(15-8)13(18)19)12(17)16-9-5-3-2-4-6-9;1-7(2,3)6-4-5-8-9-6;/h3-7H,1H3,(H,16,17)(H,18,19);4H,1-3H3;/q2*-1;+1. The molecule has 1 aromatic carbocycles. The van der Waals surface area contributed by atoms with Crippen LogP contribution in [0.3, 0.4) is 0 Å². The number of rotatable bonds is 3. The molecule has 0 spiro atoms. The van der Waals surface area contributed by atoms with E-state index in [1.807, 2.05) is 0 Å². The second kappa shape index (κ2) is 11.3. The van der Waals surface area contributed by atoms with Crippen LogP contribution in [-0.4, -0.2) is 32.1 Å². The van der Waals surface area contributed by atoms with E-state index < -0.39 is 11.9 Å². The first-order valence-electron chi connectivity index (χ1n) is 8.36. The van der Waals surface area contributed by atoms with Crippen molar-refractivity contribution >= 4 is 17.6 Å². The van der Waals surface area contributed by atoms with Gasteiger partial charge in [-0.05, 0) is 18.1 Å².